The fourth-order valence-electron chi connectivity index (χ4n) is 1.62. The van der Waals surface area contributed by atoms with E-state index in [1.54, 1.807) is 0 Å². The Morgan fingerprint density at radius 2 is 1.70 bits per heavy atom. The second-order valence-corrected chi connectivity index (χ2v) is 6.91. The van der Waals surface area contributed by atoms with Gasteiger partial charge in [-0.15, -0.1) is 0 Å². The van der Waals surface area contributed by atoms with Gasteiger partial charge in [0.2, 0.25) is 0 Å². The van der Waals surface area contributed by atoms with Gasteiger partial charge in [0.15, 0.2) is 9.84 Å². The van der Waals surface area contributed by atoms with Crippen molar-refractivity contribution in [1.29, 1.82) is 0 Å². The van der Waals surface area contributed by atoms with Gasteiger partial charge in [-0.25, -0.2) is 8.42 Å². The highest BCUT2D eigenvalue weighted by molar-refractivity contribution is 7.91. The number of sulfone groups is 1. The predicted octanol–water partition coefficient (Wildman–Crippen LogP) is 2.87. The van der Waals surface area contributed by atoms with Crippen LogP contribution in [0, 0.1) is 0 Å². The number of halogens is 3. The van der Waals surface area contributed by atoms with E-state index in [4.69, 9.17) is 0 Å². The molecule has 7 heteroatoms. The Bertz CT molecular complexity index is 522. The smallest absolute Gasteiger partial charge is 0.314 e. The van der Waals surface area contributed by atoms with Gasteiger partial charge in [0, 0.05) is 6.04 Å². The van der Waals surface area contributed by atoms with Crippen LogP contribution in [0.15, 0.2) is 29.2 Å². The summed E-state index contributed by atoms with van der Waals surface area (Å²) in [5, 5.41) is 3.09. The van der Waals surface area contributed by atoms with Crippen molar-refractivity contribution in [1.82, 2.24) is 5.32 Å². The molecule has 114 valence electrons. The van der Waals surface area contributed by atoms with Gasteiger partial charge >= 0.3 is 6.18 Å². The van der Waals surface area contributed by atoms with E-state index in [0.29, 0.717) is 13.0 Å². The molecule has 1 rings (SSSR count). The van der Waals surface area contributed by atoms with Crippen molar-refractivity contribution in [3.05, 3.63) is 29.8 Å². The number of nitrogens with one attached hydrogen (secondary N) is 1. The van der Waals surface area contributed by atoms with Gasteiger partial charge < -0.3 is 5.32 Å². The average Bonchev–Trinajstić information content (AvgIpc) is 2.34. The summed E-state index contributed by atoms with van der Waals surface area (Å²) in [4.78, 5) is -0.0740. The van der Waals surface area contributed by atoms with Crippen molar-refractivity contribution in [2.24, 2.45) is 0 Å². The van der Waals surface area contributed by atoms with Crippen molar-refractivity contribution in [3.63, 3.8) is 0 Å². The lowest BCUT2D eigenvalue weighted by molar-refractivity contribution is -0.137. The lowest BCUT2D eigenvalue weighted by Crippen LogP contribution is -2.25. The molecule has 0 aliphatic rings. The largest absolute Gasteiger partial charge is 0.416 e. The summed E-state index contributed by atoms with van der Waals surface area (Å²) in [5.74, 6) is -0.0852. The zero-order valence-electron chi connectivity index (χ0n) is 11.4. The van der Waals surface area contributed by atoms with Crippen molar-refractivity contribution < 1.29 is 21.6 Å². The topological polar surface area (TPSA) is 46.2 Å². The standard InChI is InChI=1S/C13H18F3NO2S/c1-10(2)17-8-3-9-20(18,19)12-6-4-11(5-7-12)13(14,15)16/h4-7,10,17H,3,8-9H2,1-2H3. The molecule has 0 unspecified atom stereocenters. The lowest BCUT2D eigenvalue weighted by atomic mass is 10.2. The molecule has 0 aliphatic carbocycles. The van der Waals surface area contributed by atoms with E-state index in [2.05, 4.69) is 5.32 Å². The second kappa shape index (κ2) is 6.58. The van der Waals surface area contributed by atoms with E-state index >= 15 is 0 Å². The molecule has 1 aromatic carbocycles. The van der Waals surface area contributed by atoms with Crippen molar-refractivity contribution in [2.45, 2.75) is 37.4 Å². The summed E-state index contributed by atoms with van der Waals surface area (Å²) in [7, 11) is -3.53. The number of benzene rings is 1. The zero-order chi connectivity index (χ0) is 15.4. The molecule has 3 nitrogen and oxygen atoms in total. The number of hydrogen-bond donors (Lipinski definition) is 1. The minimum atomic E-state index is -4.45. The SMILES string of the molecule is CC(C)NCCCS(=O)(=O)c1ccc(C(F)(F)F)cc1. The lowest BCUT2D eigenvalue weighted by Gasteiger charge is -2.10. The van der Waals surface area contributed by atoms with E-state index in [0.717, 1.165) is 24.3 Å². The van der Waals surface area contributed by atoms with Crippen molar-refractivity contribution in [2.75, 3.05) is 12.3 Å². The molecule has 0 saturated carbocycles. The molecule has 0 saturated heterocycles. The van der Waals surface area contributed by atoms with Crippen LogP contribution in [-0.2, 0) is 16.0 Å². The number of rotatable bonds is 6. The highest BCUT2D eigenvalue weighted by atomic mass is 32.2. The van der Waals surface area contributed by atoms with Crippen LogP contribution in [0.2, 0.25) is 0 Å². The molecule has 0 atom stereocenters. The Morgan fingerprint density at radius 3 is 2.15 bits per heavy atom. The van der Waals surface area contributed by atoms with E-state index < -0.39 is 21.6 Å². The van der Waals surface area contributed by atoms with Gasteiger partial charge in [-0.05, 0) is 37.2 Å². The summed E-state index contributed by atoms with van der Waals surface area (Å²) < 4.78 is 61.0. The molecule has 0 amide bonds. The first-order valence-corrected chi connectivity index (χ1v) is 7.91. The van der Waals surface area contributed by atoms with Gasteiger partial charge in [0.25, 0.3) is 0 Å². The molecule has 0 fully saturated rings. The molecular formula is C13H18F3NO2S. The van der Waals surface area contributed by atoms with Crippen LogP contribution < -0.4 is 5.32 Å². The third kappa shape index (κ3) is 5.13. The first kappa shape index (κ1) is 17.0. The molecule has 1 N–H and O–H groups in total. The number of alkyl halides is 3. The molecule has 0 bridgehead atoms. The Labute approximate surface area is 117 Å². The van der Waals surface area contributed by atoms with Crippen LogP contribution in [0.5, 0.6) is 0 Å². The first-order chi connectivity index (χ1) is 9.13. The second-order valence-electron chi connectivity index (χ2n) is 4.80. The zero-order valence-corrected chi connectivity index (χ0v) is 12.2. The van der Waals surface area contributed by atoms with Crippen molar-refractivity contribution in [3.8, 4) is 0 Å². The Morgan fingerprint density at radius 1 is 1.15 bits per heavy atom. The van der Waals surface area contributed by atoms with E-state index in [1.807, 2.05) is 13.8 Å². The van der Waals surface area contributed by atoms with Gasteiger partial charge in [-0.2, -0.15) is 13.2 Å². The summed E-state index contributed by atoms with van der Waals surface area (Å²) in [6, 6.07) is 3.87. The van der Waals surface area contributed by atoms with Gasteiger partial charge in [-0.1, -0.05) is 13.8 Å². The van der Waals surface area contributed by atoms with Crippen molar-refractivity contribution >= 4 is 9.84 Å². The molecule has 20 heavy (non-hydrogen) atoms. The van der Waals surface area contributed by atoms with Crippen LogP contribution in [0.25, 0.3) is 0 Å². The van der Waals surface area contributed by atoms with E-state index in [-0.39, 0.29) is 16.7 Å². The quantitative estimate of drug-likeness (QED) is 0.822. The highest BCUT2D eigenvalue weighted by Gasteiger charge is 2.30. The Balaban J connectivity index is 2.69. The molecular weight excluding hydrogens is 291 g/mol. The molecule has 0 aromatic heterocycles. The first-order valence-electron chi connectivity index (χ1n) is 6.26. The fraction of sp³-hybridized carbons (Fsp3) is 0.538. The molecule has 0 spiro atoms. The third-order valence-electron chi connectivity index (χ3n) is 2.68. The predicted molar refractivity (Wildman–Crippen MR) is 71.3 cm³/mol. The van der Waals surface area contributed by atoms with E-state index in [1.165, 1.54) is 0 Å². The maximum atomic E-state index is 12.4. The summed E-state index contributed by atoms with van der Waals surface area (Å²) >= 11 is 0. The van der Waals surface area contributed by atoms with Gasteiger partial charge in [0.05, 0.1) is 16.2 Å². The summed E-state index contributed by atoms with van der Waals surface area (Å²) in [6.07, 6.45) is -4.04. The van der Waals surface area contributed by atoms with Crippen LogP contribution >= 0.6 is 0 Å². The maximum absolute atomic E-state index is 12.4. The van der Waals surface area contributed by atoms with E-state index in [9.17, 15) is 21.6 Å². The molecule has 0 radical (unpaired) electrons. The molecule has 0 aliphatic heterocycles. The molecule has 1 aromatic rings. The highest BCUT2D eigenvalue weighted by Crippen LogP contribution is 2.29. The summed E-state index contributed by atoms with van der Waals surface area (Å²) in [5.41, 5.74) is -0.849. The van der Waals surface area contributed by atoms with Crippen LogP contribution in [0.1, 0.15) is 25.8 Å². The normalized spacial score (nSPS) is 12.9. The van der Waals surface area contributed by atoms with Crippen LogP contribution in [-0.4, -0.2) is 26.8 Å². The average molecular weight is 309 g/mol. The fourth-order valence-corrected chi connectivity index (χ4v) is 2.93. The Kier molecular flexibility index (Phi) is 5.59. The minimum absolute atomic E-state index is 0.0740. The number of hydrogen-bond acceptors (Lipinski definition) is 3. The van der Waals surface area contributed by atoms with Gasteiger partial charge in [0.1, 0.15) is 0 Å². The molecule has 0 heterocycles. The summed E-state index contributed by atoms with van der Waals surface area (Å²) in [6.45, 7) is 4.45. The van der Waals surface area contributed by atoms with Crippen LogP contribution in [0.3, 0.4) is 0 Å². The minimum Gasteiger partial charge on any atom is -0.314 e. The van der Waals surface area contributed by atoms with Crippen LogP contribution in [0.4, 0.5) is 13.2 Å². The third-order valence-corrected chi connectivity index (χ3v) is 4.50. The van der Waals surface area contributed by atoms with Gasteiger partial charge in [-0.3, -0.25) is 0 Å². The maximum Gasteiger partial charge on any atom is 0.416 e. The Hall–Kier alpha value is -1.08. The monoisotopic (exact) mass is 309 g/mol.